The topological polar surface area (TPSA) is 89.0 Å². The lowest BCUT2D eigenvalue weighted by atomic mass is 9.94. The van der Waals surface area contributed by atoms with E-state index in [1.54, 1.807) is 17.2 Å². The molecule has 0 spiro atoms. The zero-order valence-corrected chi connectivity index (χ0v) is 21.6. The second kappa shape index (κ2) is 10.1. The number of hydrogen-bond donors (Lipinski definition) is 2. The summed E-state index contributed by atoms with van der Waals surface area (Å²) in [6.07, 6.45) is 7.60. The molecule has 1 unspecified atom stereocenters. The van der Waals surface area contributed by atoms with Crippen molar-refractivity contribution >= 4 is 28.9 Å². The number of amides is 2. The Labute approximate surface area is 222 Å². The number of nitrogens with one attached hydrogen (secondary N) is 1. The fraction of sp³-hybridized carbons (Fsp3) is 0.367. The first kappa shape index (κ1) is 24.4. The molecule has 38 heavy (non-hydrogen) atoms. The van der Waals surface area contributed by atoms with E-state index in [-0.39, 0.29) is 29.5 Å². The predicted molar refractivity (Wildman–Crippen MR) is 148 cm³/mol. The summed E-state index contributed by atoms with van der Waals surface area (Å²) in [5, 5.41) is 13.8. The molecular formula is C30H33N5O3. The van der Waals surface area contributed by atoms with E-state index in [2.05, 4.69) is 26.2 Å². The zero-order valence-electron chi connectivity index (χ0n) is 21.6. The number of pyridine rings is 1. The van der Waals surface area contributed by atoms with Crippen LogP contribution in [0.5, 0.6) is 5.75 Å². The van der Waals surface area contributed by atoms with E-state index in [0.29, 0.717) is 11.3 Å². The highest BCUT2D eigenvalue weighted by atomic mass is 16.3. The average molecular weight is 512 g/mol. The number of hydrogen-bond acceptors (Lipinski definition) is 6. The molecule has 2 aliphatic heterocycles. The fourth-order valence-corrected chi connectivity index (χ4v) is 6.22. The van der Waals surface area contributed by atoms with Crippen LogP contribution in [0.15, 0.2) is 60.9 Å². The van der Waals surface area contributed by atoms with Gasteiger partial charge in [-0.1, -0.05) is 31.0 Å². The van der Waals surface area contributed by atoms with Crippen molar-refractivity contribution in [3.05, 3.63) is 77.6 Å². The highest BCUT2D eigenvalue weighted by Gasteiger charge is 2.35. The van der Waals surface area contributed by atoms with Crippen LogP contribution >= 0.6 is 0 Å². The Morgan fingerprint density at radius 3 is 2.50 bits per heavy atom. The van der Waals surface area contributed by atoms with Gasteiger partial charge >= 0.3 is 0 Å². The molecule has 2 fully saturated rings. The second-order valence-corrected chi connectivity index (χ2v) is 10.5. The summed E-state index contributed by atoms with van der Waals surface area (Å²) in [7, 11) is 1.83. The van der Waals surface area contributed by atoms with Crippen molar-refractivity contribution in [1.82, 2.24) is 9.88 Å². The van der Waals surface area contributed by atoms with Gasteiger partial charge in [-0.3, -0.25) is 19.5 Å². The van der Waals surface area contributed by atoms with Crippen LogP contribution in [0.25, 0.3) is 0 Å². The number of aromatic hydroxyl groups is 1. The Hall–Kier alpha value is -3.91. The molecule has 0 bridgehead atoms. The first-order chi connectivity index (χ1) is 18.5. The normalized spacial score (nSPS) is 20.1. The number of benzene rings is 2. The van der Waals surface area contributed by atoms with E-state index in [1.807, 2.05) is 49.6 Å². The fourth-order valence-electron chi connectivity index (χ4n) is 6.22. The summed E-state index contributed by atoms with van der Waals surface area (Å²) in [5.74, 6) is 0.269. The van der Waals surface area contributed by atoms with Gasteiger partial charge in [0.25, 0.3) is 5.91 Å². The lowest BCUT2D eigenvalue weighted by Crippen LogP contribution is -2.48. The van der Waals surface area contributed by atoms with E-state index in [0.717, 1.165) is 74.4 Å². The molecule has 2 amide bonds. The lowest BCUT2D eigenvalue weighted by Gasteiger charge is -2.41. The Morgan fingerprint density at radius 1 is 0.974 bits per heavy atom. The molecule has 8 heteroatoms. The number of fused-ring (bicyclic) bond motifs is 2. The van der Waals surface area contributed by atoms with Gasteiger partial charge < -0.3 is 20.2 Å². The lowest BCUT2D eigenvalue weighted by molar-refractivity contribution is -0.119. The van der Waals surface area contributed by atoms with Gasteiger partial charge in [0.1, 0.15) is 5.75 Å². The van der Waals surface area contributed by atoms with Gasteiger partial charge in [0.15, 0.2) is 0 Å². The summed E-state index contributed by atoms with van der Waals surface area (Å²) in [6.45, 7) is 2.95. The third-order valence-corrected chi connectivity index (χ3v) is 8.26. The van der Waals surface area contributed by atoms with Gasteiger partial charge in [-0.2, -0.15) is 0 Å². The van der Waals surface area contributed by atoms with Crippen molar-refractivity contribution in [3.63, 3.8) is 0 Å². The first-order valence-corrected chi connectivity index (χ1v) is 13.4. The Balaban J connectivity index is 1.21. The van der Waals surface area contributed by atoms with Crippen molar-refractivity contribution in [3.8, 4) is 5.75 Å². The van der Waals surface area contributed by atoms with Crippen molar-refractivity contribution in [2.75, 3.05) is 48.3 Å². The van der Waals surface area contributed by atoms with E-state index < -0.39 is 0 Å². The van der Waals surface area contributed by atoms with Crippen LogP contribution in [0.4, 0.5) is 17.1 Å². The number of piperazine rings is 1. The second-order valence-electron chi connectivity index (χ2n) is 10.5. The van der Waals surface area contributed by atoms with Crippen molar-refractivity contribution in [1.29, 1.82) is 0 Å². The number of para-hydroxylation sites is 1. The van der Waals surface area contributed by atoms with Crippen molar-refractivity contribution in [2.24, 2.45) is 5.92 Å². The molecule has 0 radical (unpaired) electrons. The van der Waals surface area contributed by atoms with Crippen LogP contribution in [0.2, 0.25) is 0 Å². The minimum absolute atomic E-state index is 0.0268. The van der Waals surface area contributed by atoms with Crippen molar-refractivity contribution < 1.29 is 14.7 Å². The van der Waals surface area contributed by atoms with Crippen LogP contribution in [0.3, 0.4) is 0 Å². The summed E-state index contributed by atoms with van der Waals surface area (Å²) >= 11 is 0. The largest absolute Gasteiger partial charge is 0.506 e. The highest BCUT2D eigenvalue weighted by Crippen LogP contribution is 2.41. The van der Waals surface area contributed by atoms with Gasteiger partial charge in [0.05, 0.1) is 11.7 Å². The van der Waals surface area contributed by atoms with E-state index in [4.69, 9.17) is 0 Å². The summed E-state index contributed by atoms with van der Waals surface area (Å²) in [4.78, 5) is 36.5. The summed E-state index contributed by atoms with van der Waals surface area (Å²) < 4.78 is 0. The molecule has 2 N–H and O–H groups in total. The van der Waals surface area contributed by atoms with E-state index in [1.165, 1.54) is 0 Å². The Bertz CT molecular complexity index is 1360. The molecule has 1 saturated carbocycles. The zero-order chi connectivity index (χ0) is 26.2. The number of carbonyl (C=O) groups excluding carboxylic acids is 2. The number of carbonyl (C=O) groups is 2. The van der Waals surface area contributed by atoms with Gasteiger partial charge in [0, 0.05) is 80.1 Å². The van der Waals surface area contributed by atoms with E-state index >= 15 is 0 Å². The van der Waals surface area contributed by atoms with Gasteiger partial charge in [-0.25, -0.2) is 0 Å². The Morgan fingerprint density at radius 2 is 1.74 bits per heavy atom. The molecule has 6 rings (SSSR count). The minimum atomic E-state index is -0.0901. The third-order valence-electron chi connectivity index (χ3n) is 8.26. The van der Waals surface area contributed by atoms with Gasteiger partial charge in [-0.05, 0) is 42.7 Å². The molecule has 1 atom stereocenters. The number of aromatic nitrogens is 1. The van der Waals surface area contributed by atoms with Crippen LogP contribution in [0.1, 0.15) is 53.2 Å². The molecule has 8 nitrogen and oxygen atoms in total. The molecule has 1 aliphatic carbocycles. The Kier molecular flexibility index (Phi) is 6.49. The van der Waals surface area contributed by atoms with Gasteiger partial charge in [-0.15, -0.1) is 0 Å². The molecule has 196 valence electrons. The smallest absolute Gasteiger partial charge is 0.258 e. The number of phenols is 1. The number of phenolic OH excluding ortho intramolecular Hbond substituents is 1. The van der Waals surface area contributed by atoms with E-state index in [9.17, 15) is 14.7 Å². The maximum atomic E-state index is 13.3. The SMILES string of the molecule is CN1C(=O)c2ccncc2C(N2CCN(c3ccc(NC(=O)C4CCCC4)cc3O)CC2)c2ccccc21. The van der Waals surface area contributed by atoms with Gasteiger partial charge in [0.2, 0.25) is 5.91 Å². The quantitative estimate of drug-likeness (QED) is 0.539. The molecule has 2 aromatic carbocycles. The predicted octanol–water partition coefficient (Wildman–Crippen LogP) is 4.42. The number of anilines is 3. The third kappa shape index (κ3) is 4.39. The van der Waals surface area contributed by atoms with Crippen LogP contribution in [-0.4, -0.2) is 60.0 Å². The minimum Gasteiger partial charge on any atom is -0.506 e. The molecule has 3 aromatic rings. The molecule has 1 saturated heterocycles. The molecule has 1 aromatic heterocycles. The monoisotopic (exact) mass is 511 g/mol. The van der Waals surface area contributed by atoms with Crippen LogP contribution in [0, 0.1) is 5.92 Å². The maximum Gasteiger partial charge on any atom is 0.258 e. The van der Waals surface area contributed by atoms with Crippen LogP contribution < -0.4 is 15.1 Å². The standard InChI is InChI=1S/C30H33N5O3/c1-33-25-9-5-4-8-23(25)28(24-19-31-13-12-22(24)30(33)38)35-16-14-34(15-17-35)26-11-10-21(18-27(26)36)32-29(37)20-6-2-3-7-20/h4-5,8-13,18-20,28,36H,2-3,6-7,14-17H2,1H3,(H,32,37). The average Bonchev–Trinajstić information content (AvgIpc) is 3.47. The summed E-state index contributed by atoms with van der Waals surface area (Å²) in [5.41, 5.74) is 5.01. The molecule has 3 heterocycles. The molecular weight excluding hydrogens is 478 g/mol. The number of nitrogens with zero attached hydrogens (tertiary/aromatic N) is 4. The maximum absolute atomic E-state index is 13.3. The van der Waals surface area contributed by atoms with Crippen LogP contribution in [-0.2, 0) is 4.79 Å². The molecule has 3 aliphatic rings. The first-order valence-electron chi connectivity index (χ1n) is 13.4. The summed E-state index contributed by atoms with van der Waals surface area (Å²) in [6, 6.07) is 15.2. The number of rotatable bonds is 4. The highest BCUT2D eigenvalue weighted by molar-refractivity contribution is 6.08. The van der Waals surface area contributed by atoms with Crippen molar-refractivity contribution in [2.45, 2.75) is 31.7 Å².